The predicted molar refractivity (Wildman–Crippen MR) is 44.9 cm³/mol. The first kappa shape index (κ1) is 7.59. The van der Waals surface area contributed by atoms with Gasteiger partial charge in [-0.1, -0.05) is 36.2 Å². The molecule has 0 aliphatic heterocycles. The summed E-state index contributed by atoms with van der Waals surface area (Å²) in [7, 11) is 0. The van der Waals surface area contributed by atoms with Gasteiger partial charge in [0.15, 0.2) is 0 Å². The Balaban J connectivity index is 2.24. The van der Waals surface area contributed by atoms with Crippen LogP contribution in [0.15, 0.2) is 0 Å². The van der Waals surface area contributed by atoms with Crippen LogP contribution in [0.1, 0.15) is 33.1 Å². The van der Waals surface area contributed by atoms with Gasteiger partial charge in [-0.2, -0.15) is 0 Å². The van der Waals surface area contributed by atoms with E-state index in [0.717, 1.165) is 5.92 Å². The summed E-state index contributed by atoms with van der Waals surface area (Å²) in [6, 6.07) is 0. The van der Waals surface area contributed by atoms with Crippen LogP contribution in [-0.4, -0.2) is 5.33 Å². The summed E-state index contributed by atoms with van der Waals surface area (Å²) in [5.41, 5.74) is 0.653. The minimum atomic E-state index is 0.653. The quantitative estimate of drug-likeness (QED) is 0.588. The fourth-order valence-electron chi connectivity index (χ4n) is 1.73. The predicted octanol–water partition coefficient (Wildman–Crippen LogP) is 3.21. The van der Waals surface area contributed by atoms with E-state index >= 15 is 0 Å². The molecule has 54 valence electrons. The summed E-state index contributed by atoms with van der Waals surface area (Å²) in [5, 5.41) is 1.19. The SMILES string of the molecule is CCC1CC(C)(CBr)C1. The molecule has 1 aliphatic rings. The van der Waals surface area contributed by atoms with Crippen molar-refractivity contribution < 1.29 is 0 Å². The first-order chi connectivity index (χ1) is 4.20. The summed E-state index contributed by atoms with van der Waals surface area (Å²) < 4.78 is 0. The maximum absolute atomic E-state index is 3.54. The van der Waals surface area contributed by atoms with Gasteiger partial charge >= 0.3 is 0 Å². The number of hydrogen-bond donors (Lipinski definition) is 0. The zero-order chi connectivity index (χ0) is 6.91. The summed E-state index contributed by atoms with van der Waals surface area (Å²) in [6.45, 7) is 4.66. The molecule has 0 radical (unpaired) electrons. The van der Waals surface area contributed by atoms with Gasteiger partial charge < -0.3 is 0 Å². The van der Waals surface area contributed by atoms with E-state index in [1.165, 1.54) is 24.6 Å². The van der Waals surface area contributed by atoms with Gasteiger partial charge in [0, 0.05) is 5.33 Å². The highest BCUT2D eigenvalue weighted by atomic mass is 79.9. The second-order valence-corrected chi connectivity index (χ2v) is 4.19. The number of alkyl halides is 1. The van der Waals surface area contributed by atoms with Crippen molar-refractivity contribution >= 4 is 15.9 Å². The highest BCUT2D eigenvalue weighted by Gasteiger charge is 2.37. The lowest BCUT2D eigenvalue weighted by Gasteiger charge is -2.44. The van der Waals surface area contributed by atoms with Crippen molar-refractivity contribution in [3.05, 3.63) is 0 Å². The summed E-state index contributed by atoms with van der Waals surface area (Å²) in [4.78, 5) is 0. The molecule has 0 aromatic heterocycles. The Labute approximate surface area is 66.2 Å². The van der Waals surface area contributed by atoms with Crippen LogP contribution in [0.3, 0.4) is 0 Å². The Bertz CT molecular complexity index is 92.7. The second-order valence-electron chi connectivity index (χ2n) is 3.63. The molecule has 0 saturated heterocycles. The van der Waals surface area contributed by atoms with Gasteiger partial charge in [0.05, 0.1) is 0 Å². The molecule has 0 bridgehead atoms. The van der Waals surface area contributed by atoms with Gasteiger partial charge in [0.1, 0.15) is 0 Å². The van der Waals surface area contributed by atoms with Crippen LogP contribution in [0.25, 0.3) is 0 Å². The van der Waals surface area contributed by atoms with Crippen molar-refractivity contribution in [1.82, 2.24) is 0 Å². The fourth-order valence-corrected chi connectivity index (χ4v) is 2.19. The second kappa shape index (κ2) is 2.61. The van der Waals surface area contributed by atoms with E-state index in [1.54, 1.807) is 0 Å². The first-order valence-electron chi connectivity index (χ1n) is 3.76. The molecule has 1 aliphatic carbocycles. The first-order valence-corrected chi connectivity index (χ1v) is 4.88. The molecule has 0 spiro atoms. The molecule has 0 heterocycles. The van der Waals surface area contributed by atoms with Crippen molar-refractivity contribution in [3.8, 4) is 0 Å². The maximum Gasteiger partial charge on any atom is 0.00855 e. The molecular formula is C8H15Br. The largest absolute Gasteiger partial charge is 0.0922 e. The molecule has 0 nitrogen and oxygen atoms in total. The van der Waals surface area contributed by atoms with Crippen molar-refractivity contribution in [1.29, 1.82) is 0 Å². The summed E-state index contributed by atoms with van der Waals surface area (Å²) in [5.74, 6) is 1.03. The van der Waals surface area contributed by atoms with Crippen molar-refractivity contribution in [2.45, 2.75) is 33.1 Å². The third-order valence-corrected chi connectivity index (χ3v) is 3.82. The van der Waals surface area contributed by atoms with E-state index in [9.17, 15) is 0 Å². The molecule has 0 amide bonds. The normalized spacial score (nSPS) is 42.3. The highest BCUT2D eigenvalue weighted by Crippen LogP contribution is 2.47. The van der Waals surface area contributed by atoms with Crippen LogP contribution in [-0.2, 0) is 0 Å². The number of hydrogen-bond acceptors (Lipinski definition) is 0. The Morgan fingerprint density at radius 1 is 1.56 bits per heavy atom. The fraction of sp³-hybridized carbons (Fsp3) is 1.00. The molecule has 9 heavy (non-hydrogen) atoms. The van der Waals surface area contributed by atoms with Gasteiger partial charge in [0.25, 0.3) is 0 Å². The lowest BCUT2D eigenvalue weighted by Crippen LogP contribution is -2.35. The van der Waals surface area contributed by atoms with Crippen LogP contribution >= 0.6 is 15.9 Å². The molecule has 0 N–H and O–H groups in total. The van der Waals surface area contributed by atoms with Gasteiger partial charge in [0.2, 0.25) is 0 Å². The standard InChI is InChI=1S/C8H15Br/c1-3-7-4-8(2,5-7)6-9/h7H,3-6H2,1-2H3. The van der Waals surface area contributed by atoms with Gasteiger partial charge in [-0.05, 0) is 24.2 Å². The monoisotopic (exact) mass is 190 g/mol. The Kier molecular flexibility index (Phi) is 2.20. The smallest absolute Gasteiger partial charge is 0.00855 e. The molecular weight excluding hydrogens is 176 g/mol. The molecule has 0 unspecified atom stereocenters. The molecule has 1 fully saturated rings. The Hall–Kier alpha value is 0.480. The number of halogens is 1. The topological polar surface area (TPSA) is 0 Å². The minimum Gasteiger partial charge on any atom is -0.0922 e. The van der Waals surface area contributed by atoms with Crippen molar-refractivity contribution in [3.63, 3.8) is 0 Å². The van der Waals surface area contributed by atoms with Crippen LogP contribution < -0.4 is 0 Å². The lowest BCUT2D eigenvalue weighted by atomic mass is 9.64. The van der Waals surface area contributed by atoms with E-state index in [4.69, 9.17) is 0 Å². The van der Waals surface area contributed by atoms with E-state index in [-0.39, 0.29) is 0 Å². The van der Waals surface area contributed by atoms with Gasteiger partial charge in [-0.15, -0.1) is 0 Å². The Morgan fingerprint density at radius 3 is 2.44 bits per heavy atom. The maximum atomic E-state index is 3.54. The zero-order valence-corrected chi connectivity index (χ0v) is 7.87. The Morgan fingerprint density at radius 2 is 2.11 bits per heavy atom. The molecule has 0 aromatic carbocycles. The molecule has 1 rings (SSSR count). The van der Waals surface area contributed by atoms with Crippen LogP contribution in [0, 0.1) is 11.3 Å². The van der Waals surface area contributed by atoms with E-state index in [1.807, 2.05) is 0 Å². The van der Waals surface area contributed by atoms with E-state index in [2.05, 4.69) is 29.8 Å². The molecule has 0 aromatic rings. The van der Waals surface area contributed by atoms with Crippen LogP contribution in [0.2, 0.25) is 0 Å². The average Bonchev–Trinajstić information content (AvgIpc) is 1.81. The van der Waals surface area contributed by atoms with Crippen molar-refractivity contribution in [2.75, 3.05) is 5.33 Å². The summed E-state index contributed by atoms with van der Waals surface area (Å²) >= 11 is 3.54. The van der Waals surface area contributed by atoms with Gasteiger partial charge in [-0.25, -0.2) is 0 Å². The third-order valence-electron chi connectivity index (χ3n) is 2.46. The minimum absolute atomic E-state index is 0.653. The molecule has 0 atom stereocenters. The summed E-state index contributed by atoms with van der Waals surface area (Å²) in [6.07, 6.45) is 4.26. The molecule has 1 saturated carbocycles. The van der Waals surface area contributed by atoms with Crippen LogP contribution in [0.5, 0.6) is 0 Å². The third kappa shape index (κ3) is 1.49. The van der Waals surface area contributed by atoms with Crippen LogP contribution in [0.4, 0.5) is 0 Å². The van der Waals surface area contributed by atoms with E-state index in [0.29, 0.717) is 5.41 Å². The zero-order valence-electron chi connectivity index (χ0n) is 6.28. The van der Waals surface area contributed by atoms with Crippen molar-refractivity contribution in [2.24, 2.45) is 11.3 Å². The molecule has 1 heteroatoms. The average molecular weight is 191 g/mol. The number of rotatable bonds is 2. The van der Waals surface area contributed by atoms with E-state index < -0.39 is 0 Å². The highest BCUT2D eigenvalue weighted by molar-refractivity contribution is 9.09. The lowest BCUT2D eigenvalue weighted by molar-refractivity contribution is 0.100. The van der Waals surface area contributed by atoms with Gasteiger partial charge in [-0.3, -0.25) is 0 Å².